The molecule has 0 saturated heterocycles. The molecule has 1 N–H and O–H groups in total. The van der Waals surface area contributed by atoms with Gasteiger partial charge in [0.05, 0.1) is 12.7 Å². The van der Waals surface area contributed by atoms with Gasteiger partial charge in [-0.2, -0.15) is 4.72 Å². The summed E-state index contributed by atoms with van der Waals surface area (Å²) in [7, 11) is -3.92. The first-order valence-electron chi connectivity index (χ1n) is 7.97. The molecule has 0 unspecified atom stereocenters. The van der Waals surface area contributed by atoms with Gasteiger partial charge in [-0.1, -0.05) is 45.0 Å². The maximum atomic E-state index is 12.3. The highest BCUT2D eigenvalue weighted by Gasteiger charge is 2.28. The highest BCUT2D eigenvalue weighted by molar-refractivity contribution is 7.89. The van der Waals surface area contributed by atoms with Gasteiger partial charge in [-0.15, -0.1) is 0 Å². The van der Waals surface area contributed by atoms with Crippen molar-refractivity contribution >= 4 is 15.9 Å². The molecule has 1 aromatic heterocycles. The fourth-order valence-corrected chi connectivity index (χ4v) is 3.42. The number of hydrogen-bond acceptors (Lipinski definition) is 5. The molecule has 0 bridgehead atoms. The Morgan fingerprint density at radius 1 is 1.24 bits per heavy atom. The molecule has 1 amide bonds. The van der Waals surface area contributed by atoms with Crippen LogP contribution in [0.2, 0.25) is 0 Å². The van der Waals surface area contributed by atoms with Crippen LogP contribution in [0.15, 0.2) is 40.0 Å². The Kier molecular flexibility index (Phi) is 4.42. The predicted molar refractivity (Wildman–Crippen MR) is 91.1 cm³/mol. The monoisotopic (exact) mass is 363 g/mol. The molecule has 3 rings (SSSR count). The van der Waals surface area contributed by atoms with E-state index in [0.717, 1.165) is 11.1 Å². The van der Waals surface area contributed by atoms with Crippen LogP contribution in [0.1, 0.15) is 37.8 Å². The van der Waals surface area contributed by atoms with Crippen molar-refractivity contribution in [1.29, 1.82) is 0 Å². The van der Waals surface area contributed by atoms with Gasteiger partial charge >= 0.3 is 0 Å². The van der Waals surface area contributed by atoms with E-state index in [9.17, 15) is 13.2 Å². The van der Waals surface area contributed by atoms with Crippen molar-refractivity contribution in [2.45, 2.75) is 44.4 Å². The Hall–Kier alpha value is -2.19. The van der Waals surface area contributed by atoms with Gasteiger partial charge < -0.3 is 9.32 Å². The first-order valence-corrected chi connectivity index (χ1v) is 9.46. The summed E-state index contributed by atoms with van der Waals surface area (Å²) in [6.07, 6.45) is 1.17. The average Bonchev–Trinajstić information content (AvgIpc) is 3.19. The molecule has 0 saturated carbocycles. The summed E-state index contributed by atoms with van der Waals surface area (Å²) in [6, 6.07) is 7.78. The quantitative estimate of drug-likeness (QED) is 0.894. The van der Waals surface area contributed by atoms with Gasteiger partial charge in [0.25, 0.3) is 15.1 Å². The van der Waals surface area contributed by atoms with Crippen molar-refractivity contribution in [3.63, 3.8) is 0 Å². The molecule has 0 fully saturated rings. The summed E-state index contributed by atoms with van der Waals surface area (Å²) in [6.45, 7) is 6.29. The summed E-state index contributed by atoms with van der Waals surface area (Å²) < 4.78 is 32.2. The van der Waals surface area contributed by atoms with Crippen molar-refractivity contribution in [1.82, 2.24) is 14.6 Å². The molecular weight excluding hydrogens is 342 g/mol. The standard InChI is InChI=1S/C17H21N3O4S/c1-17(2,3)16-18-9-15(24-16)25(22,23)19-8-14(21)20-10-12-6-4-5-7-13(12)11-20/h4-7,9,19H,8,10-11H2,1-3H3. The van der Waals surface area contributed by atoms with E-state index in [-0.39, 0.29) is 17.5 Å². The number of amides is 1. The molecule has 0 atom stereocenters. The number of oxazole rings is 1. The smallest absolute Gasteiger partial charge is 0.276 e. The predicted octanol–water partition coefficient (Wildman–Crippen LogP) is 1.79. The highest BCUT2D eigenvalue weighted by atomic mass is 32.2. The molecule has 1 aliphatic heterocycles. The number of sulfonamides is 1. The van der Waals surface area contributed by atoms with Crippen LogP contribution in [-0.4, -0.2) is 30.8 Å². The summed E-state index contributed by atoms with van der Waals surface area (Å²) in [5.74, 6) is 0.0459. The Balaban J connectivity index is 1.63. The number of fused-ring (bicyclic) bond motifs is 1. The van der Waals surface area contributed by atoms with Crippen LogP contribution in [0.4, 0.5) is 0 Å². The van der Waals surface area contributed by atoms with Gasteiger partial charge in [-0.05, 0) is 11.1 Å². The van der Waals surface area contributed by atoms with Crippen LogP contribution in [-0.2, 0) is 33.3 Å². The molecule has 0 spiro atoms. The van der Waals surface area contributed by atoms with Crippen molar-refractivity contribution < 1.29 is 17.6 Å². The van der Waals surface area contributed by atoms with Crippen molar-refractivity contribution in [3.05, 3.63) is 47.5 Å². The number of rotatable bonds is 4. The van der Waals surface area contributed by atoms with Gasteiger partial charge in [-0.3, -0.25) is 4.79 Å². The largest absolute Gasteiger partial charge is 0.427 e. The van der Waals surface area contributed by atoms with Gasteiger partial charge in [0.1, 0.15) is 0 Å². The second-order valence-electron chi connectivity index (χ2n) is 7.08. The molecule has 8 heteroatoms. The van der Waals surface area contributed by atoms with Gasteiger partial charge in [0, 0.05) is 18.5 Å². The Morgan fingerprint density at radius 2 is 1.84 bits per heavy atom. The lowest BCUT2D eigenvalue weighted by Gasteiger charge is -2.15. The molecule has 2 heterocycles. The zero-order valence-corrected chi connectivity index (χ0v) is 15.3. The molecule has 2 aromatic rings. The van der Waals surface area contributed by atoms with Crippen molar-refractivity contribution in [2.24, 2.45) is 0 Å². The van der Waals surface area contributed by atoms with Crippen LogP contribution in [0, 0.1) is 0 Å². The maximum Gasteiger partial charge on any atom is 0.276 e. The molecule has 134 valence electrons. The second-order valence-corrected chi connectivity index (χ2v) is 8.78. The molecule has 1 aliphatic rings. The van der Waals surface area contributed by atoms with E-state index >= 15 is 0 Å². The van der Waals surface area contributed by atoms with Gasteiger partial charge in [-0.25, -0.2) is 13.4 Å². The number of aromatic nitrogens is 1. The zero-order valence-electron chi connectivity index (χ0n) is 14.4. The first-order chi connectivity index (χ1) is 11.7. The van der Waals surface area contributed by atoms with Gasteiger partial charge in [0.2, 0.25) is 11.8 Å². The van der Waals surface area contributed by atoms with Crippen LogP contribution in [0.3, 0.4) is 0 Å². The summed E-state index contributed by atoms with van der Waals surface area (Å²) in [5, 5.41) is -0.282. The van der Waals surface area contributed by atoms with E-state index in [2.05, 4.69) is 9.71 Å². The number of carbonyl (C=O) groups is 1. The minimum absolute atomic E-state index is 0.282. The first kappa shape index (κ1) is 17.6. The van der Waals surface area contributed by atoms with Crippen LogP contribution in [0.5, 0.6) is 0 Å². The molecule has 0 radical (unpaired) electrons. The second kappa shape index (κ2) is 6.27. The van der Waals surface area contributed by atoms with E-state index < -0.39 is 15.4 Å². The fraction of sp³-hybridized carbons (Fsp3) is 0.412. The lowest BCUT2D eigenvalue weighted by atomic mass is 9.97. The van der Waals surface area contributed by atoms with Gasteiger partial charge in [0.15, 0.2) is 0 Å². The summed E-state index contributed by atoms with van der Waals surface area (Å²) in [4.78, 5) is 17.9. The highest BCUT2D eigenvalue weighted by Crippen LogP contribution is 2.24. The Bertz CT molecular complexity index is 872. The number of benzene rings is 1. The van der Waals surface area contributed by atoms with E-state index in [0.29, 0.717) is 19.0 Å². The SMILES string of the molecule is CC(C)(C)c1ncc(S(=O)(=O)NCC(=O)N2Cc3ccccc3C2)o1. The fourth-order valence-electron chi connectivity index (χ4n) is 2.58. The minimum Gasteiger partial charge on any atom is -0.427 e. The van der Waals surface area contributed by atoms with Crippen LogP contribution in [0.25, 0.3) is 0 Å². The van der Waals surface area contributed by atoms with E-state index in [1.807, 2.05) is 45.0 Å². The number of carbonyl (C=O) groups excluding carboxylic acids is 1. The van der Waals surface area contributed by atoms with Crippen LogP contribution < -0.4 is 4.72 Å². The molecule has 1 aromatic carbocycles. The Labute approximate surface area is 147 Å². The third-order valence-electron chi connectivity index (χ3n) is 4.00. The summed E-state index contributed by atoms with van der Waals surface area (Å²) >= 11 is 0. The van der Waals surface area contributed by atoms with E-state index in [1.165, 1.54) is 6.20 Å². The zero-order chi connectivity index (χ0) is 18.2. The average molecular weight is 363 g/mol. The lowest BCUT2D eigenvalue weighted by Crippen LogP contribution is -2.37. The Morgan fingerprint density at radius 3 is 2.36 bits per heavy atom. The third-order valence-corrected chi connectivity index (χ3v) is 5.24. The third kappa shape index (κ3) is 3.74. The normalized spacial score (nSPS) is 14.6. The number of nitrogens with zero attached hydrogens (tertiary/aromatic N) is 2. The molecule has 0 aliphatic carbocycles. The summed E-state index contributed by atoms with van der Waals surface area (Å²) in [5.41, 5.74) is 1.78. The molecule has 7 nitrogen and oxygen atoms in total. The topological polar surface area (TPSA) is 92.5 Å². The molecule has 25 heavy (non-hydrogen) atoms. The van der Waals surface area contributed by atoms with Crippen molar-refractivity contribution in [3.8, 4) is 0 Å². The van der Waals surface area contributed by atoms with Crippen LogP contribution >= 0.6 is 0 Å². The van der Waals surface area contributed by atoms with E-state index in [4.69, 9.17) is 4.42 Å². The lowest BCUT2D eigenvalue weighted by molar-refractivity contribution is -0.130. The van der Waals surface area contributed by atoms with E-state index in [1.54, 1.807) is 4.90 Å². The number of hydrogen-bond donors (Lipinski definition) is 1. The maximum absolute atomic E-state index is 12.3. The molecular formula is C17H21N3O4S. The van der Waals surface area contributed by atoms with Crippen molar-refractivity contribution in [2.75, 3.05) is 6.54 Å². The minimum atomic E-state index is -3.92. The number of nitrogens with one attached hydrogen (secondary N) is 1.